The second-order valence-corrected chi connectivity index (χ2v) is 13.6. The van der Waals surface area contributed by atoms with E-state index in [1.54, 1.807) is 10.6 Å². The van der Waals surface area contributed by atoms with Gasteiger partial charge in [0, 0.05) is 35.8 Å². The molecular formula is C34H48ClFN8O. The predicted molar refractivity (Wildman–Crippen MR) is 185 cm³/mol. The molecule has 0 spiro atoms. The molecule has 2 aromatic carbocycles. The van der Waals surface area contributed by atoms with Gasteiger partial charge in [0.25, 0.3) is 0 Å². The number of aliphatic imine (C=N–C) groups is 1. The van der Waals surface area contributed by atoms with Crippen molar-refractivity contribution in [3.8, 4) is 5.69 Å². The molecule has 45 heavy (non-hydrogen) atoms. The average Bonchev–Trinajstić information content (AvgIpc) is 3.38. The van der Waals surface area contributed by atoms with Crippen LogP contribution >= 0.6 is 11.6 Å². The maximum absolute atomic E-state index is 13.8. The van der Waals surface area contributed by atoms with Crippen LogP contribution in [0.2, 0.25) is 5.02 Å². The fourth-order valence-corrected chi connectivity index (χ4v) is 4.89. The summed E-state index contributed by atoms with van der Waals surface area (Å²) in [7, 11) is 0. The molecule has 0 bridgehead atoms. The SMILES string of the molecule is CC(C)(C)c1cc(CCCN)cc(Cl)c1F.CC(C)(C)c1cc2cn(-c3ccc(CNCCCN=C(N)N)cc3)c(=O)nc2[nH]1. The van der Waals surface area contributed by atoms with Crippen LogP contribution in [-0.4, -0.2) is 40.1 Å². The number of nitrogens with zero attached hydrogens (tertiary/aromatic N) is 3. The number of halogens is 2. The van der Waals surface area contributed by atoms with Crippen LogP contribution in [0.4, 0.5) is 4.39 Å². The minimum atomic E-state index is -0.301. The fourth-order valence-electron chi connectivity index (χ4n) is 4.64. The summed E-state index contributed by atoms with van der Waals surface area (Å²) in [5.41, 5.74) is 20.8. The van der Waals surface area contributed by atoms with Gasteiger partial charge in [0.15, 0.2) is 5.96 Å². The number of hydrogen-bond donors (Lipinski definition) is 5. The quantitative estimate of drug-likeness (QED) is 0.0887. The first-order chi connectivity index (χ1) is 21.1. The summed E-state index contributed by atoms with van der Waals surface area (Å²) in [4.78, 5) is 23.9. The van der Waals surface area contributed by atoms with Crippen LogP contribution < -0.4 is 28.2 Å². The van der Waals surface area contributed by atoms with Crippen molar-refractivity contribution in [2.24, 2.45) is 22.2 Å². The fraction of sp³-hybridized carbons (Fsp3) is 0.441. The van der Waals surface area contributed by atoms with Crippen LogP contribution in [0.5, 0.6) is 0 Å². The third-order valence-electron chi connectivity index (χ3n) is 7.23. The van der Waals surface area contributed by atoms with Gasteiger partial charge < -0.3 is 27.5 Å². The highest BCUT2D eigenvalue weighted by molar-refractivity contribution is 6.30. The lowest BCUT2D eigenvalue weighted by molar-refractivity contribution is 0.522. The van der Waals surface area contributed by atoms with E-state index in [9.17, 15) is 9.18 Å². The van der Waals surface area contributed by atoms with E-state index in [-0.39, 0.29) is 33.3 Å². The van der Waals surface area contributed by atoms with Gasteiger partial charge in [-0.05, 0) is 78.7 Å². The molecule has 0 atom stereocenters. The minimum Gasteiger partial charge on any atom is -0.370 e. The maximum Gasteiger partial charge on any atom is 0.354 e. The zero-order chi connectivity index (χ0) is 33.4. The summed E-state index contributed by atoms with van der Waals surface area (Å²) >= 11 is 5.90. The molecule has 244 valence electrons. The topological polar surface area (TPSA) is 153 Å². The van der Waals surface area contributed by atoms with Gasteiger partial charge in [-0.1, -0.05) is 71.3 Å². The standard InChI is InChI=1S/C21H29N7O.C13H19ClFN/c1-21(2,3)17-11-15-13-28(20(29)27-18(15)26-17)16-7-5-14(6-8-16)12-24-9-4-10-25-19(22)23;1-13(2,3)10-7-9(5-4-6-16)8-11(14)12(10)15/h5-8,11,13,24H,4,9-10,12H2,1-3H3,(H4,22,23,25)(H,26,27,29);7-8H,4-6,16H2,1-3H3. The van der Waals surface area contributed by atoms with Crippen LogP contribution in [0.15, 0.2) is 58.4 Å². The molecule has 0 aliphatic rings. The minimum absolute atomic E-state index is 0.0352. The largest absolute Gasteiger partial charge is 0.370 e. The summed E-state index contributed by atoms with van der Waals surface area (Å²) in [6, 6.07) is 13.5. The Morgan fingerprint density at radius 3 is 2.31 bits per heavy atom. The number of nitrogens with one attached hydrogen (secondary N) is 2. The van der Waals surface area contributed by atoms with Gasteiger partial charge in [-0.25, -0.2) is 9.18 Å². The van der Waals surface area contributed by atoms with Gasteiger partial charge in [-0.15, -0.1) is 0 Å². The van der Waals surface area contributed by atoms with Crippen molar-refractivity contribution in [2.75, 3.05) is 19.6 Å². The highest BCUT2D eigenvalue weighted by Crippen LogP contribution is 2.31. The van der Waals surface area contributed by atoms with Crippen molar-refractivity contribution in [2.45, 2.75) is 78.2 Å². The summed E-state index contributed by atoms with van der Waals surface area (Å²) in [5, 5.41) is 4.48. The van der Waals surface area contributed by atoms with Crippen molar-refractivity contribution < 1.29 is 4.39 Å². The highest BCUT2D eigenvalue weighted by atomic mass is 35.5. The Labute approximate surface area is 270 Å². The molecule has 2 aromatic heterocycles. The van der Waals surface area contributed by atoms with Crippen LogP contribution in [0.3, 0.4) is 0 Å². The van der Waals surface area contributed by atoms with Crippen molar-refractivity contribution in [1.82, 2.24) is 19.9 Å². The molecule has 9 nitrogen and oxygen atoms in total. The zero-order valence-corrected chi connectivity index (χ0v) is 28.1. The number of H-pyrrole nitrogens is 1. The molecule has 8 N–H and O–H groups in total. The molecule has 0 fully saturated rings. The maximum atomic E-state index is 13.8. The highest BCUT2D eigenvalue weighted by Gasteiger charge is 2.21. The lowest BCUT2D eigenvalue weighted by Gasteiger charge is -2.21. The van der Waals surface area contributed by atoms with Crippen molar-refractivity contribution in [1.29, 1.82) is 0 Å². The number of aromatic amines is 1. The van der Waals surface area contributed by atoms with Crippen LogP contribution in [0.1, 0.15) is 76.8 Å². The number of guanidine groups is 1. The number of benzene rings is 2. The lowest BCUT2D eigenvalue weighted by atomic mass is 9.85. The molecule has 0 aliphatic heterocycles. The number of aromatic nitrogens is 3. The molecule has 0 aliphatic carbocycles. The molecule has 0 saturated heterocycles. The molecule has 4 aromatic rings. The Kier molecular flexibility index (Phi) is 12.3. The van der Waals surface area contributed by atoms with Gasteiger partial charge in [-0.3, -0.25) is 9.56 Å². The normalized spacial score (nSPS) is 11.8. The molecular weight excluding hydrogens is 591 g/mol. The molecule has 0 amide bonds. The number of aryl methyl sites for hydroxylation is 1. The van der Waals surface area contributed by atoms with Crippen molar-refractivity contribution in [3.63, 3.8) is 0 Å². The Balaban J connectivity index is 0.000000292. The van der Waals surface area contributed by atoms with E-state index < -0.39 is 0 Å². The first kappa shape index (κ1) is 35.7. The van der Waals surface area contributed by atoms with E-state index in [4.69, 9.17) is 28.8 Å². The predicted octanol–water partition coefficient (Wildman–Crippen LogP) is 5.43. The molecule has 11 heteroatoms. The number of nitrogens with two attached hydrogens (primary N) is 3. The molecule has 0 radical (unpaired) electrons. The molecule has 0 unspecified atom stereocenters. The Morgan fingerprint density at radius 1 is 1.02 bits per heavy atom. The van der Waals surface area contributed by atoms with Gasteiger partial charge in [0.2, 0.25) is 0 Å². The average molecular weight is 639 g/mol. The summed E-state index contributed by atoms with van der Waals surface area (Å²) in [5.74, 6) is -0.177. The number of fused-ring (bicyclic) bond motifs is 1. The molecule has 0 saturated carbocycles. The second kappa shape index (κ2) is 15.5. The van der Waals surface area contributed by atoms with Gasteiger partial charge in [-0.2, -0.15) is 4.98 Å². The third kappa shape index (κ3) is 10.4. The van der Waals surface area contributed by atoms with E-state index in [0.29, 0.717) is 24.3 Å². The van der Waals surface area contributed by atoms with Crippen LogP contribution in [-0.2, 0) is 23.8 Å². The Morgan fingerprint density at radius 2 is 1.71 bits per heavy atom. The van der Waals surface area contributed by atoms with Gasteiger partial charge in [0.1, 0.15) is 11.5 Å². The van der Waals surface area contributed by atoms with E-state index >= 15 is 0 Å². The van der Waals surface area contributed by atoms with Crippen LogP contribution in [0, 0.1) is 5.82 Å². The Bertz CT molecular complexity index is 1640. The first-order valence-electron chi connectivity index (χ1n) is 15.3. The smallest absolute Gasteiger partial charge is 0.354 e. The van der Waals surface area contributed by atoms with E-state index in [1.165, 1.54) is 0 Å². The number of hydrogen-bond acceptors (Lipinski definition) is 5. The lowest BCUT2D eigenvalue weighted by Crippen LogP contribution is -2.23. The summed E-state index contributed by atoms with van der Waals surface area (Å²) < 4.78 is 15.4. The zero-order valence-electron chi connectivity index (χ0n) is 27.3. The van der Waals surface area contributed by atoms with E-state index in [1.807, 2.05) is 57.3 Å². The van der Waals surface area contributed by atoms with Gasteiger partial charge >= 0.3 is 5.69 Å². The van der Waals surface area contributed by atoms with Crippen molar-refractivity contribution in [3.05, 3.63) is 92.4 Å². The van der Waals surface area contributed by atoms with E-state index in [2.05, 4.69) is 47.1 Å². The molecule has 4 rings (SSSR count). The molecule has 2 heterocycles. The first-order valence-corrected chi connectivity index (χ1v) is 15.6. The monoisotopic (exact) mass is 638 g/mol. The van der Waals surface area contributed by atoms with Crippen molar-refractivity contribution >= 4 is 28.6 Å². The summed E-state index contributed by atoms with van der Waals surface area (Å²) in [6.07, 6.45) is 4.45. The van der Waals surface area contributed by atoms with Gasteiger partial charge in [0.05, 0.1) is 10.7 Å². The summed E-state index contributed by atoms with van der Waals surface area (Å²) in [6.45, 7) is 15.1. The van der Waals surface area contributed by atoms with Crippen LogP contribution in [0.25, 0.3) is 16.7 Å². The Hall–Kier alpha value is -3.73. The number of rotatable bonds is 10. The van der Waals surface area contributed by atoms with E-state index in [0.717, 1.165) is 60.2 Å². The second-order valence-electron chi connectivity index (χ2n) is 13.2. The third-order valence-corrected chi connectivity index (χ3v) is 7.51.